The van der Waals surface area contributed by atoms with Crippen LogP contribution in [-0.4, -0.2) is 37.9 Å². The Hall–Kier alpha value is -1.62. The van der Waals surface area contributed by atoms with E-state index in [0.717, 1.165) is 38.5 Å². The van der Waals surface area contributed by atoms with E-state index in [1.165, 1.54) is 193 Å². The minimum Gasteiger partial charge on any atom is -0.462 e. The van der Waals surface area contributed by atoms with Crippen LogP contribution in [0.3, 0.4) is 0 Å². The fourth-order valence-electron chi connectivity index (χ4n) is 7.25. The highest BCUT2D eigenvalue weighted by Gasteiger charge is 2.17. The molecular formula is C51H96O5. The summed E-state index contributed by atoms with van der Waals surface area (Å²) in [7, 11) is 0. The van der Waals surface area contributed by atoms with Gasteiger partial charge >= 0.3 is 11.9 Å². The first kappa shape index (κ1) is 54.4. The lowest BCUT2D eigenvalue weighted by Gasteiger charge is -2.18. The second-order valence-corrected chi connectivity index (χ2v) is 16.7. The van der Waals surface area contributed by atoms with Crippen LogP contribution in [-0.2, 0) is 23.8 Å². The third-order valence-electron chi connectivity index (χ3n) is 11.0. The highest BCUT2D eigenvalue weighted by molar-refractivity contribution is 5.70. The molecule has 1 atom stereocenters. The summed E-state index contributed by atoms with van der Waals surface area (Å²) in [5, 5.41) is 0. The molecule has 0 aromatic carbocycles. The van der Waals surface area contributed by atoms with Gasteiger partial charge in [0.25, 0.3) is 0 Å². The van der Waals surface area contributed by atoms with Crippen LogP contribution in [0.15, 0.2) is 24.3 Å². The standard InChI is InChI=1S/C51H96O5/c1-4-7-10-13-16-18-20-22-24-25-26-27-28-29-31-33-36-38-41-44-50(52)55-48-49(56-51(53)45-42-39-35-15-12-9-6-3)47-54-46-43-40-37-34-32-30-23-21-19-17-14-11-8-5-2/h16,18,22,24,49H,4-15,17,19-21,23,25-48H2,1-3H3/b18-16-,24-22-. The number of carbonyl (C=O) groups is 2. The van der Waals surface area contributed by atoms with E-state index < -0.39 is 6.10 Å². The number of rotatable bonds is 46. The summed E-state index contributed by atoms with van der Waals surface area (Å²) >= 11 is 0. The molecule has 0 spiro atoms. The molecule has 0 aliphatic rings. The molecule has 5 heteroatoms. The molecule has 330 valence electrons. The molecule has 5 nitrogen and oxygen atoms in total. The van der Waals surface area contributed by atoms with E-state index >= 15 is 0 Å². The molecule has 1 unspecified atom stereocenters. The minimum atomic E-state index is -0.527. The highest BCUT2D eigenvalue weighted by atomic mass is 16.6. The number of allylic oxidation sites excluding steroid dienone is 4. The Balaban J connectivity index is 4.07. The monoisotopic (exact) mass is 789 g/mol. The third-order valence-corrected chi connectivity index (χ3v) is 11.0. The predicted octanol–water partition coefficient (Wildman–Crippen LogP) is 16.5. The largest absolute Gasteiger partial charge is 0.462 e. The van der Waals surface area contributed by atoms with Crippen molar-refractivity contribution in [3.8, 4) is 0 Å². The van der Waals surface area contributed by atoms with Gasteiger partial charge in [-0.2, -0.15) is 0 Å². The van der Waals surface area contributed by atoms with Crippen molar-refractivity contribution in [1.82, 2.24) is 0 Å². The topological polar surface area (TPSA) is 61.8 Å². The SMILES string of the molecule is CCCCC/C=C\C/C=C\CCCCCCCCCCCC(=O)OCC(COCCCCCCCCCCCCCCCC)OC(=O)CCCCCCCCC. The van der Waals surface area contributed by atoms with Crippen molar-refractivity contribution < 1.29 is 23.8 Å². The number of carbonyl (C=O) groups excluding carboxylic acids is 2. The van der Waals surface area contributed by atoms with Gasteiger partial charge in [-0.25, -0.2) is 0 Å². The number of hydrogen-bond acceptors (Lipinski definition) is 5. The van der Waals surface area contributed by atoms with Crippen molar-refractivity contribution in [3.63, 3.8) is 0 Å². The summed E-state index contributed by atoms with van der Waals surface area (Å²) in [4.78, 5) is 25.2. The second kappa shape index (κ2) is 47.8. The van der Waals surface area contributed by atoms with E-state index in [9.17, 15) is 9.59 Å². The van der Waals surface area contributed by atoms with Crippen LogP contribution in [0.2, 0.25) is 0 Å². The first-order valence-electron chi connectivity index (χ1n) is 24.9. The number of unbranched alkanes of at least 4 members (excludes halogenated alkanes) is 31. The van der Waals surface area contributed by atoms with Crippen molar-refractivity contribution >= 4 is 11.9 Å². The molecule has 0 aliphatic heterocycles. The molecule has 0 aliphatic carbocycles. The van der Waals surface area contributed by atoms with E-state index in [1.54, 1.807) is 0 Å². The Kier molecular flexibility index (Phi) is 46.4. The average molecular weight is 789 g/mol. The van der Waals surface area contributed by atoms with Gasteiger partial charge in [-0.3, -0.25) is 9.59 Å². The number of esters is 2. The zero-order chi connectivity index (χ0) is 40.7. The summed E-state index contributed by atoms with van der Waals surface area (Å²) in [5.74, 6) is -0.393. The smallest absolute Gasteiger partial charge is 0.306 e. The Labute approximate surface area is 349 Å². The van der Waals surface area contributed by atoms with Crippen LogP contribution in [0.5, 0.6) is 0 Å². The van der Waals surface area contributed by atoms with Gasteiger partial charge in [-0.05, 0) is 51.4 Å². The molecule has 0 aromatic heterocycles. The lowest BCUT2D eigenvalue weighted by molar-refractivity contribution is -0.163. The molecule has 0 saturated heterocycles. The van der Waals surface area contributed by atoms with Crippen molar-refractivity contribution in [2.24, 2.45) is 0 Å². The molecule has 0 fully saturated rings. The minimum absolute atomic E-state index is 0.0896. The van der Waals surface area contributed by atoms with Gasteiger partial charge in [0.1, 0.15) is 6.61 Å². The quantitative estimate of drug-likeness (QED) is 0.0349. The highest BCUT2D eigenvalue weighted by Crippen LogP contribution is 2.15. The van der Waals surface area contributed by atoms with Gasteiger partial charge in [-0.1, -0.05) is 225 Å². The lowest BCUT2D eigenvalue weighted by atomic mass is 10.0. The van der Waals surface area contributed by atoms with Crippen LogP contribution in [0.1, 0.15) is 265 Å². The lowest BCUT2D eigenvalue weighted by Crippen LogP contribution is -2.30. The van der Waals surface area contributed by atoms with Crippen molar-refractivity contribution in [1.29, 1.82) is 0 Å². The maximum Gasteiger partial charge on any atom is 0.306 e. The molecule has 0 N–H and O–H groups in total. The normalized spacial score (nSPS) is 12.3. The maximum atomic E-state index is 12.6. The van der Waals surface area contributed by atoms with Crippen molar-refractivity contribution in [2.75, 3.05) is 19.8 Å². The molecule has 0 amide bonds. The molecule has 0 bridgehead atoms. The van der Waals surface area contributed by atoms with Crippen LogP contribution in [0.25, 0.3) is 0 Å². The zero-order valence-electron chi connectivity index (χ0n) is 37.9. The first-order valence-corrected chi connectivity index (χ1v) is 24.9. The van der Waals surface area contributed by atoms with Crippen LogP contribution in [0.4, 0.5) is 0 Å². The Morgan fingerprint density at radius 3 is 1.21 bits per heavy atom. The van der Waals surface area contributed by atoms with Crippen LogP contribution >= 0.6 is 0 Å². The predicted molar refractivity (Wildman–Crippen MR) is 242 cm³/mol. The molecule has 0 radical (unpaired) electrons. The maximum absolute atomic E-state index is 12.6. The molecule has 56 heavy (non-hydrogen) atoms. The van der Waals surface area contributed by atoms with Gasteiger partial charge in [0.15, 0.2) is 6.10 Å². The Morgan fingerprint density at radius 1 is 0.393 bits per heavy atom. The molecule has 0 aromatic rings. The fraction of sp³-hybridized carbons (Fsp3) is 0.882. The number of ether oxygens (including phenoxy) is 3. The summed E-state index contributed by atoms with van der Waals surface area (Å²) in [5.41, 5.74) is 0. The van der Waals surface area contributed by atoms with Gasteiger partial charge in [0, 0.05) is 19.4 Å². The molecule has 0 saturated carbocycles. The molecule has 0 heterocycles. The van der Waals surface area contributed by atoms with Crippen molar-refractivity contribution in [3.05, 3.63) is 24.3 Å². The van der Waals surface area contributed by atoms with Gasteiger partial charge < -0.3 is 14.2 Å². The Bertz CT molecular complexity index is 851. The zero-order valence-corrected chi connectivity index (χ0v) is 37.9. The third kappa shape index (κ3) is 45.1. The first-order chi connectivity index (χ1) is 27.6. The van der Waals surface area contributed by atoms with Gasteiger partial charge in [0.2, 0.25) is 0 Å². The van der Waals surface area contributed by atoms with Crippen LogP contribution < -0.4 is 0 Å². The van der Waals surface area contributed by atoms with Crippen LogP contribution in [0, 0.1) is 0 Å². The summed E-state index contributed by atoms with van der Waals surface area (Å²) < 4.78 is 17.3. The van der Waals surface area contributed by atoms with Crippen molar-refractivity contribution in [2.45, 2.75) is 271 Å². The summed E-state index contributed by atoms with van der Waals surface area (Å²) in [6, 6.07) is 0. The molecule has 0 rings (SSSR count). The van der Waals surface area contributed by atoms with E-state index in [1.807, 2.05) is 0 Å². The Morgan fingerprint density at radius 2 is 0.750 bits per heavy atom. The second-order valence-electron chi connectivity index (χ2n) is 16.7. The van der Waals surface area contributed by atoms with Gasteiger partial charge in [-0.15, -0.1) is 0 Å². The molecular weight excluding hydrogens is 693 g/mol. The number of hydrogen-bond donors (Lipinski definition) is 0. The fourth-order valence-corrected chi connectivity index (χ4v) is 7.25. The summed E-state index contributed by atoms with van der Waals surface area (Å²) in [6.07, 6.45) is 54.7. The van der Waals surface area contributed by atoms with E-state index in [0.29, 0.717) is 26.1 Å². The summed E-state index contributed by atoms with van der Waals surface area (Å²) in [6.45, 7) is 7.81. The van der Waals surface area contributed by atoms with E-state index in [2.05, 4.69) is 45.1 Å². The van der Waals surface area contributed by atoms with E-state index in [-0.39, 0.29) is 18.5 Å². The van der Waals surface area contributed by atoms with E-state index in [4.69, 9.17) is 14.2 Å². The van der Waals surface area contributed by atoms with Gasteiger partial charge in [0.05, 0.1) is 6.61 Å². The average Bonchev–Trinajstić information content (AvgIpc) is 3.20.